The summed E-state index contributed by atoms with van der Waals surface area (Å²) in [4.78, 5) is 17.5. The number of aromatic nitrogens is 1. The summed E-state index contributed by atoms with van der Waals surface area (Å²) in [5.41, 5.74) is 4.10. The van der Waals surface area contributed by atoms with Crippen LogP contribution in [-0.2, 0) is 11.2 Å². The Balaban J connectivity index is 1.26. The monoisotopic (exact) mass is 430 g/mol. The first-order chi connectivity index (χ1) is 14.7. The lowest BCUT2D eigenvalue weighted by Crippen LogP contribution is -2.42. The number of benzene rings is 1. The number of amides is 1. The van der Waals surface area contributed by atoms with E-state index in [2.05, 4.69) is 45.2 Å². The molecule has 0 saturated carbocycles. The van der Waals surface area contributed by atoms with Crippen LogP contribution in [-0.4, -0.2) is 60.6 Å². The number of β-amino-alcohol motifs (C(OH)–C–C–N with tert-alkyl or cyclic N) is 1. The normalized spacial score (nSPS) is 24.6. The molecular formula is C22H30N4O3S. The molecule has 7 nitrogen and oxygen atoms in total. The molecule has 8 heteroatoms. The van der Waals surface area contributed by atoms with Gasteiger partial charge in [0, 0.05) is 19.3 Å². The van der Waals surface area contributed by atoms with Crippen LogP contribution in [0.5, 0.6) is 0 Å². The number of ether oxygens (including phenoxy) is 1. The second-order valence-corrected chi connectivity index (χ2v) is 9.01. The van der Waals surface area contributed by atoms with Crippen LogP contribution in [0.25, 0.3) is 10.4 Å². The van der Waals surface area contributed by atoms with Crippen LogP contribution < -0.4 is 16.0 Å². The summed E-state index contributed by atoms with van der Waals surface area (Å²) in [7, 11) is 0. The quantitative estimate of drug-likeness (QED) is 0.538. The number of hydrogen-bond acceptors (Lipinski definition) is 7. The van der Waals surface area contributed by atoms with E-state index in [1.165, 1.54) is 0 Å². The zero-order valence-electron chi connectivity index (χ0n) is 17.0. The topological polar surface area (TPSA) is 95.5 Å². The Morgan fingerprint density at radius 3 is 2.80 bits per heavy atom. The minimum Gasteiger partial charge on any atom is -0.442 e. The molecule has 1 aromatic heterocycles. The Hall–Kier alpha value is -2.00. The summed E-state index contributed by atoms with van der Waals surface area (Å²) >= 11 is 1.61. The van der Waals surface area contributed by atoms with Crippen molar-refractivity contribution >= 4 is 17.4 Å². The molecule has 4 N–H and O–H groups in total. The molecule has 4 rings (SSSR count). The van der Waals surface area contributed by atoms with Gasteiger partial charge in [0.2, 0.25) is 0 Å². The average Bonchev–Trinajstić information content (AvgIpc) is 3.41. The highest BCUT2D eigenvalue weighted by molar-refractivity contribution is 7.13. The van der Waals surface area contributed by atoms with Gasteiger partial charge in [-0.1, -0.05) is 24.3 Å². The number of nitrogens with one attached hydrogen (secondary N) is 3. The fourth-order valence-corrected chi connectivity index (χ4v) is 4.88. The molecule has 2 aromatic rings. The second kappa shape index (κ2) is 10.3. The number of thiazole rings is 1. The maximum absolute atomic E-state index is 12.3. The van der Waals surface area contributed by atoms with E-state index in [4.69, 9.17) is 4.74 Å². The maximum atomic E-state index is 12.3. The molecule has 2 aliphatic heterocycles. The van der Waals surface area contributed by atoms with Crippen molar-refractivity contribution in [2.24, 2.45) is 5.92 Å². The van der Waals surface area contributed by atoms with Gasteiger partial charge in [-0.15, -0.1) is 11.3 Å². The summed E-state index contributed by atoms with van der Waals surface area (Å²) in [6.45, 7) is 3.16. The van der Waals surface area contributed by atoms with Crippen LogP contribution in [0.1, 0.15) is 24.8 Å². The first-order valence-electron chi connectivity index (χ1n) is 10.7. The SMILES string of the molecule is O=C(NCCC1CCNCC1)O[C@@H]1C(O)CN[C@@H]1Cc1ccc(-c2cncs2)cc1. The van der Waals surface area contributed by atoms with Gasteiger partial charge in [0.1, 0.15) is 12.2 Å². The van der Waals surface area contributed by atoms with Crippen molar-refractivity contribution in [1.82, 2.24) is 20.9 Å². The van der Waals surface area contributed by atoms with Gasteiger partial charge in [-0.05, 0) is 55.8 Å². The van der Waals surface area contributed by atoms with E-state index in [-0.39, 0.29) is 6.04 Å². The lowest BCUT2D eigenvalue weighted by molar-refractivity contribution is 0.0188. The predicted octanol–water partition coefficient (Wildman–Crippen LogP) is 2.17. The summed E-state index contributed by atoms with van der Waals surface area (Å²) in [5, 5.41) is 19.8. The minimum atomic E-state index is -0.693. The van der Waals surface area contributed by atoms with Gasteiger partial charge in [-0.2, -0.15) is 0 Å². The Kier molecular flexibility index (Phi) is 7.33. The van der Waals surface area contributed by atoms with Crippen LogP contribution >= 0.6 is 11.3 Å². The van der Waals surface area contributed by atoms with Crippen molar-refractivity contribution in [1.29, 1.82) is 0 Å². The number of alkyl carbamates (subject to hydrolysis) is 1. The molecule has 2 fully saturated rings. The average molecular weight is 431 g/mol. The zero-order valence-corrected chi connectivity index (χ0v) is 17.9. The van der Waals surface area contributed by atoms with E-state index in [9.17, 15) is 9.90 Å². The van der Waals surface area contributed by atoms with Gasteiger partial charge in [0.15, 0.2) is 0 Å². The Morgan fingerprint density at radius 1 is 1.27 bits per heavy atom. The highest BCUT2D eigenvalue weighted by Crippen LogP contribution is 2.24. The number of piperidine rings is 1. The van der Waals surface area contributed by atoms with Gasteiger partial charge in [0.25, 0.3) is 0 Å². The molecule has 2 saturated heterocycles. The highest BCUT2D eigenvalue weighted by atomic mass is 32.1. The first kappa shape index (κ1) is 21.2. The summed E-state index contributed by atoms with van der Waals surface area (Å²) in [6.07, 6.45) is 4.15. The molecule has 0 spiro atoms. The molecule has 162 valence electrons. The largest absolute Gasteiger partial charge is 0.442 e. The number of carbonyl (C=O) groups excluding carboxylic acids is 1. The molecule has 1 amide bonds. The lowest BCUT2D eigenvalue weighted by Gasteiger charge is -2.24. The van der Waals surface area contributed by atoms with Gasteiger partial charge in [0.05, 0.1) is 16.4 Å². The van der Waals surface area contributed by atoms with E-state index in [1.54, 1.807) is 11.3 Å². The number of aliphatic hydroxyl groups excluding tert-OH is 1. The van der Waals surface area contributed by atoms with Crippen LogP contribution in [0.3, 0.4) is 0 Å². The van der Waals surface area contributed by atoms with Gasteiger partial charge in [-0.25, -0.2) is 4.79 Å². The number of aliphatic hydroxyl groups is 1. The molecule has 0 radical (unpaired) electrons. The molecule has 30 heavy (non-hydrogen) atoms. The zero-order chi connectivity index (χ0) is 20.8. The lowest BCUT2D eigenvalue weighted by atomic mass is 9.95. The number of carbonyl (C=O) groups is 1. The molecule has 3 atom stereocenters. The third-order valence-corrected chi connectivity index (χ3v) is 6.84. The van der Waals surface area contributed by atoms with E-state index in [0.717, 1.165) is 48.4 Å². The molecule has 1 unspecified atom stereocenters. The van der Waals surface area contributed by atoms with Gasteiger partial charge >= 0.3 is 6.09 Å². The first-order valence-corrected chi connectivity index (χ1v) is 11.6. The van der Waals surface area contributed by atoms with Crippen LogP contribution in [0.15, 0.2) is 36.0 Å². The van der Waals surface area contributed by atoms with Crippen molar-refractivity contribution in [3.8, 4) is 10.4 Å². The van der Waals surface area contributed by atoms with Crippen LogP contribution in [0.2, 0.25) is 0 Å². The Labute approximate surface area is 181 Å². The van der Waals surface area contributed by atoms with Crippen LogP contribution in [0.4, 0.5) is 4.79 Å². The van der Waals surface area contributed by atoms with Crippen LogP contribution in [0, 0.1) is 5.92 Å². The molecule has 0 aliphatic carbocycles. The molecule has 3 heterocycles. The minimum absolute atomic E-state index is 0.107. The smallest absolute Gasteiger partial charge is 0.407 e. The second-order valence-electron chi connectivity index (χ2n) is 8.13. The molecule has 0 bridgehead atoms. The van der Waals surface area contributed by atoms with E-state index < -0.39 is 18.3 Å². The summed E-state index contributed by atoms with van der Waals surface area (Å²) in [5.74, 6) is 0.658. The number of hydrogen-bond donors (Lipinski definition) is 4. The maximum Gasteiger partial charge on any atom is 0.407 e. The number of nitrogens with zero attached hydrogens (tertiary/aromatic N) is 1. The van der Waals surface area contributed by atoms with Crippen molar-refractivity contribution < 1.29 is 14.6 Å². The Morgan fingerprint density at radius 2 is 2.07 bits per heavy atom. The highest BCUT2D eigenvalue weighted by Gasteiger charge is 2.37. The van der Waals surface area contributed by atoms with E-state index in [1.807, 2.05) is 11.7 Å². The molecular weight excluding hydrogens is 400 g/mol. The van der Waals surface area contributed by atoms with Gasteiger partial charge in [-0.3, -0.25) is 4.98 Å². The standard InChI is InChI=1S/C22H30N4O3S/c27-19-12-26-18(11-16-1-3-17(4-2-16)20-13-24-14-30-20)21(19)29-22(28)25-10-7-15-5-8-23-9-6-15/h1-4,13-15,18-19,21,23,26-27H,5-12H2,(H,25,28)/t18-,19?,21+/m1/s1. The predicted molar refractivity (Wildman–Crippen MR) is 118 cm³/mol. The van der Waals surface area contributed by atoms with Crippen molar-refractivity contribution in [3.05, 3.63) is 41.5 Å². The summed E-state index contributed by atoms with van der Waals surface area (Å²) in [6, 6.07) is 8.22. The fraction of sp³-hybridized carbons (Fsp3) is 0.545. The molecule has 1 aromatic carbocycles. The van der Waals surface area contributed by atoms with Crippen molar-refractivity contribution in [3.63, 3.8) is 0 Å². The van der Waals surface area contributed by atoms with Crippen molar-refractivity contribution in [2.75, 3.05) is 26.2 Å². The van der Waals surface area contributed by atoms with E-state index in [0.29, 0.717) is 25.4 Å². The fourth-order valence-electron chi connectivity index (χ4n) is 4.25. The van der Waals surface area contributed by atoms with Crippen molar-refractivity contribution in [2.45, 2.75) is 43.9 Å². The summed E-state index contributed by atoms with van der Waals surface area (Å²) < 4.78 is 5.60. The molecule has 2 aliphatic rings. The number of rotatable bonds is 7. The van der Waals surface area contributed by atoms with E-state index >= 15 is 0 Å². The third kappa shape index (κ3) is 5.57. The van der Waals surface area contributed by atoms with Gasteiger partial charge < -0.3 is 25.8 Å². The Bertz CT molecular complexity index is 793. The third-order valence-electron chi connectivity index (χ3n) is 6.02.